The normalized spacial score (nSPS) is 20.1. The third-order valence-electron chi connectivity index (χ3n) is 3.40. The highest BCUT2D eigenvalue weighted by Gasteiger charge is 2.26. The quantitative estimate of drug-likeness (QED) is 0.812. The Kier molecular flexibility index (Phi) is 4.79. The summed E-state index contributed by atoms with van der Waals surface area (Å²) in [6, 6.07) is 3.08. The zero-order valence-electron chi connectivity index (χ0n) is 11.9. The van der Waals surface area contributed by atoms with Crippen LogP contribution in [0.5, 0.6) is 0 Å². The molecule has 0 spiro atoms. The first-order valence-corrected chi connectivity index (χ1v) is 8.55. The monoisotopic (exact) mass is 313 g/mol. The first-order valence-electron chi connectivity index (χ1n) is 6.70. The van der Waals surface area contributed by atoms with Gasteiger partial charge in [-0.05, 0) is 25.0 Å². The zero-order valence-corrected chi connectivity index (χ0v) is 12.7. The van der Waals surface area contributed by atoms with Gasteiger partial charge >= 0.3 is 5.97 Å². The van der Waals surface area contributed by atoms with Crippen molar-refractivity contribution in [3.63, 3.8) is 0 Å². The Morgan fingerprint density at radius 2 is 2.29 bits per heavy atom. The van der Waals surface area contributed by atoms with Gasteiger partial charge in [-0.25, -0.2) is 22.5 Å². The van der Waals surface area contributed by atoms with Gasteiger partial charge in [-0.3, -0.25) is 0 Å². The highest BCUT2D eigenvalue weighted by atomic mass is 32.2. The van der Waals surface area contributed by atoms with E-state index in [1.165, 1.54) is 22.8 Å². The van der Waals surface area contributed by atoms with Gasteiger partial charge in [0.15, 0.2) is 0 Å². The summed E-state index contributed by atoms with van der Waals surface area (Å²) in [6.07, 6.45) is 4.20. The molecule has 1 atom stereocenters. The molecule has 1 aliphatic heterocycles. The second kappa shape index (κ2) is 6.40. The predicted molar refractivity (Wildman–Crippen MR) is 78.1 cm³/mol. The predicted octanol–water partition coefficient (Wildman–Crippen LogP) is 0.492. The molecule has 1 aromatic heterocycles. The number of carbonyl (C=O) groups is 1. The third-order valence-corrected chi connectivity index (χ3v) is 4.67. The minimum atomic E-state index is -3.19. The van der Waals surface area contributed by atoms with Crippen molar-refractivity contribution in [1.29, 1.82) is 0 Å². The molecule has 2 N–H and O–H groups in total. The van der Waals surface area contributed by atoms with E-state index in [9.17, 15) is 13.2 Å². The molecule has 0 radical (unpaired) electrons. The number of anilines is 1. The summed E-state index contributed by atoms with van der Waals surface area (Å²) < 4.78 is 29.7. The maximum absolute atomic E-state index is 11.8. The van der Waals surface area contributed by atoms with E-state index in [2.05, 4.69) is 4.98 Å². The minimum Gasteiger partial charge on any atom is -0.461 e. The largest absolute Gasteiger partial charge is 0.461 e. The number of ether oxygens (including phenoxy) is 1. The van der Waals surface area contributed by atoms with Gasteiger partial charge in [0, 0.05) is 19.0 Å². The van der Waals surface area contributed by atoms with Crippen molar-refractivity contribution in [2.75, 3.05) is 31.7 Å². The number of nitrogen functional groups attached to an aromatic ring is 1. The van der Waals surface area contributed by atoms with Crippen LogP contribution in [0.3, 0.4) is 0 Å². The molecule has 1 fully saturated rings. The summed E-state index contributed by atoms with van der Waals surface area (Å²) in [7, 11) is -3.19. The number of pyridine rings is 1. The number of carbonyl (C=O) groups excluding carboxylic acids is 1. The van der Waals surface area contributed by atoms with Crippen molar-refractivity contribution >= 4 is 21.7 Å². The summed E-state index contributed by atoms with van der Waals surface area (Å²) in [4.78, 5) is 15.7. The number of aromatic nitrogens is 1. The van der Waals surface area contributed by atoms with Crippen molar-refractivity contribution in [3.05, 3.63) is 24.0 Å². The van der Waals surface area contributed by atoms with Gasteiger partial charge in [0.25, 0.3) is 0 Å². The van der Waals surface area contributed by atoms with Crippen LogP contribution in [0.25, 0.3) is 0 Å². The fourth-order valence-corrected chi connectivity index (χ4v) is 3.20. The number of nitrogens with zero attached hydrogens (tertiary/aromatic N) is 2. The van der Waals surface area contributed by atoms with Crippen LogP contribution in [0.4, 0.5) is 5.69 Å². The van der Waals surface area contributed by atoms with Crippen molar-refractivity contribution in [2.24, 2.45) is 5.92 Å². The molecule has 21 heavy (non-hydrogen) atoms. The van der Waals surface area contributed by atoms with E-state index in [0.29, 0.717) is 18.8 Å². The van der Waals surface area contributed by atoms with Gasteiger partial charge in [0.2, 0.25) is 10.0 Å². The Hall–Kier alpha value is -1.67. The zero-order chi connectivity index (χ0) is 15.5. The van der Waals surface area contributed by atoms with E-state index in [4.69, 9.17) is 10.5 Å². The summed E-state index contributed by atoms with van der Waals surface area (Å²) in [5.41, 5.74) is 6.17. The number of sulfonamides is 1. The maximum atomic E-state index is 11.8. The molecule has 8 heteroatoms. The fraction of sp³-hybridized carbons (Fsp3) is 0.538. The molecular formula is C13H19N3O4S. The van der Waals surface area contributed by atoms with Crippen LogP contribution in [-0.4, -0.2) is 49.6 Å². The van der Waals surface area contributed by atoms with Crippen molar-refractivity contribution in [2.45, 2.75) is 12.8 Å². The van der Waals surface area contributed by atoms with Crippen LogP contribution in [0.2, 0.25) is 0 Å². The van der Waals surface area contributed by atoms with Crippen molar-refractivity contribution < 1.29 is 17.9 Å². The van der Waals surface area contributed by atoms with Gasteiger partial charge in [-0.15, -0.1) is 0 Å². The molecular weight excluding hydrogens is 294 g/mol. The Bertz CT molecular complexity index is 600. The molecule has 2 heterocycles. The van der Waals surface area contributed by atoms with Crippen molar-refractivity contribution in [1.82, 2.24) is 9.29 Å². The molecule has 1 aromatic rings. The number of hydrogen-bond donors (Lipinski definition) is 1. The van der Waals surface area contributed by atoms with Crippen LogP contribution < -0.4 is 5.73 Å². The number of esters is 1. The molecule has 1 unspecified atom stereocenters. The van der Waals surface area contributed by atoms with Crippen molar-refractivity contribution in [3.8, 4) is 0 Å². The molecule has 116 valence electrons. The molecule has 0 aromatic carbocycles. The SMILES string of the molecule is CS(=O)(=O)N1CCCC(COC(=O)c2ccc(N)cn2)C1. The molecule has 7 nitrogen and oxygen atoms in total. The van der Waals surface area contributed by atoms with E-state index in [1.54, 1.807) is 6.07 Å². The molecule has 0 aliphatic carbocycles. The van der Waals surface area contributed by atoms with E-state index in [0.717, 1.165) is 12.8 Å². The fourth-order valence-electron chi connectivity index (χ4n) is 2.26. The molecule has 0 saturated carbocycles. The van der Waals surface area contributed by atoms with E-state index in [-0.39, 0.29) is 18.2 Å². The van der Waals surface area contributed by atoms with Crippen LogP contribution in [0.15, 0.2) is 18.3 Å². The van der Waals surface area contributed by atoms with Gasteiger partial charge in [0.1, 0.15) is 5.69 Å². The average molecular weight is 313 g/mol. The summed E-state index contributed by atoms with van der Waals surface area (Å²) in [5, 5.41) is 0. The molecule has 1 aliphatic rings. The second-order valence-corrected chi connectivity index (χ2v) is 7.19. The van der Waals surface area contributed by atoms with Crippen LogP contribution >= 0.6 is 0 Å². The van der Waals surface area contributed by atoms with Crippen LogP contribution in [0, 0.1) is 5.92 Å². The first kappa shape index (κ1) is 15.7. The van der Waals surface area contributed by atoms with E-state index in [1.807, 2.05) is 0 Å². The highest BCUT2D eigenvalue weighted by molar-refractivity contribution is 7.88. The van der Waals surface area contributed by atoms with Crippen LogP contribution in [0.1, 0.15) is 23.3 Å². The first-order chi connectivity index (χ1) is 9.86. The summed E-state index contributed by atoms with van der Waals surface area (Å²) in [6.45, 7) is 1.11. The van der Waals surface area contributed by atoms with Gasteiger partial charge in [-0.2, -0.15) is 0 Å². The lowest BCUT2D eigenvalue weighted by atomic mass is 10.0. The number of piperidine rings is 1. The summed E-state index contributed by atoms with van der Waals surface area (Å²) in [5.74, 6) is -0.502. The Labute approximate surface area is 124 Å². The molecule has 1 saturated heterocycles. The molecule has 0 amide bonds. The number of hydrogen-bond acceptors (Lipinski definition) is 6. The third kappa shape index (κ3) is 4.40. The minimum absolute atomic E-state index is 0.0196. The standard InChI is InChI=1S/C13H19N3O4S/c1-21(18,19)16-6-2-3-10(8-16)9-20-13(17)12-5-4-11(14)7-15-12/h4-5,7,10H,2-3,6,8-9,14H2,1H3. The number of nitrogens with two attached hydrogens (primary N) is 1. The second-order valence-electron chi connectivity index (χ2n) is 5.20. The molecule has 0 bridgehead atoms. The Morgan fingerprint density at radius 1 is 1.52 bits per heavy atom. The smallest absolute Gasteiger partial charge is 0.356 e. The topological polar surface area (TPSA) is 103 Å². The Morgan fingerprint density at radius 3 is 2.90 bits per heavy atom. The lowest BCUT2D eigenvalue weighted by molar-refractivity contribution is 0.0390. The maximum Gasteiger partial charge on any atom is 0.356 e. The lowest BCUT2D eigenvalue weighted by Gasteiger charge is -2.30. The summed E-state index contributed by atoms with van der Waals surface area (Å²) >= 11 is 0. The van der Waals surface area contributed by atoms with Crippen LogP contribution in [-0.2, 0) is 14.8 Å². The van der Waals surface area contributed by atoms with E-state index < -0.39 is 16.0 Å². The van der Waals surface area contributed by atoms with Gasteiger partial charge in [-0.1, -0.05) is 0 Å². The highest BCUT2D eigenvalue weighted by Crippen LogP contribution is 2.19. The Balaban J connectivity index is 1.88. The molecule has 2 rings (SSSR count). The van der Waals surface area contributed by atoms with E-state index >= 15 is 0 Å². The van der Waals surface area contributed by atoms with Gasteiger partial charge < -0.3 is 10.5 Å². The lowest BCUT2D eigenvalue weighted by Crippen LogP contribution is -2.40. The number of rotatable bonds is 4. The van der Waals surface area contributed by atoms with Gasteiger partial charge in [0.05, 0.1) is 24.7 Å². The average Bonchev–Trinajstić information content (AvgIpc) is 2.45.